The van der Waals surface area contributed by atoms with Gasteiger partial charge in [-0.05, 0) is 12.1 Å². The number of benzene rings is 1. The van der Waals surface area contributed by atoms with Crippen LogP contribution in [0.25, 0.3) is 0 Å². The largest absolute Gasteiger partial charge is 0.495 e. The van der Waals surface area contributed by atoms with Gasteiger partial charge in [0, 0.05) is 21.1 Å². The molecule has 1 aromatic rings. The Balaban J connectivity index is 3.27. The molecular formula is C10H16N2O3S. The van der Waals surface area contributed by atoms with Crippen molar-refractivity contribution in [3.63, 3.8) is 0 Å². The second-order valence-electron chi connectivity index (χ2n) is 3.44. The van der Waals surface area contributed by atoms with Crippen molar-refractivity contribution in [2.24, 2.45) is 0 Å². The SMILES string of the molecule is COc1ccccc1S(=O)(=O)N(C)N(C)C. The molecule has 0 spiro atoms. The fourth-order valence-electron chi connectivity index (χ4n) is 1.19. The normalized spacial score (nSPS) is 12.1. The van der Waals surface area contributed by atoms with Crippen LogP contribution in [0.2, 0.25) is 0 Å². The van der Waals surface area contributed by atoms with Crippen molar-refractivity contribution in [3.05, 3.63) is 24.3 Å². The molecule has 6 heteroatoms. The van der Waals surface area contributed by atoms with E-state index >= 15 is 0 Å². The Labute approximate surface area is 96.3 Å². The number of nitrogens with zero attached hydrogens (tertiary/aromatic N) is 2. The molecule has 16 heavy (non-hydrogen) atoms. The van der Waals surface area contributed by atoms with Crippen LogP contribution in [-0.4, -0.2) is 46.1 Å². The Morgan fingerprint density at radius 2 is 1.69 bits per heavy atom. The van der Waals surface area contributed by atoms with Gasteiger partial charge in [0.25, 0.3) is 10.0 Å². The molecule has 1 aromatic carbocycles. The summed E-state index contributed by atoms with van der Waals surface area (Å²) in [7, 11) is 2.71. The van der Waals surface area contributed by atoms with Gasteiger partial charge in [-0.25, -0.2) is 13.4 Å². The van der Waals surface area contributed by atoms with Crippen LogP contribution in [-0.2, 0) is 10.0 Å². The minimum Gasteiger partial charge on any atom is -0.495 e. The summed E-state index contributed by atoms with van der Waals surface area (Å²) in [5.74, 6) is 0.344. The molecule has 0 fully saturated rings. The van der Waals surface area contributed by atoms with Crippen LogP contribution < -0.4 is 4.74 Å². The first-order chi connectivity index (χ1) is 7.41. The third kappa shape index (κ3) is 2.34. The zero-order valence-corrected chi connectivity index (χ0v) is 10.7. The molecule has 0 atom stereocenters. The molecule has 0 heterocycles. The fourth-order valence-corrected chi connectivity index (χ4v) is 2.56. The number of rotatable bonds is 4. The van der Waals surface area contributed by atoms with Crippen LogP contribution in [0, 0.1) is 0 Å². The summed E-state index contributed by atoms with van der Waals surface area (Å²) in [6.45, 7) is 0. The minimum absolute atomic E-state index is 0.161. The Morgan fingerprint density at radius 3 is 2.19 bits per heavy atom. The number of ether oxygens (including phenoxy) is 1. The number of hydrogen-bond acceptors (Lipinski definition) is 4. The Kier molecular flexibility index (Phi) is 3.90. The molecule has 5 nitrogen and oxygen atoms in total. The lowest BCUT2D eigenvalue weighted by Gasteiger charge is -2.24. The molecule has 0 aromatic heterocycles. The molecule has 0 radical (unpaired) electrons. The van der Waals surface area contributed by atoms with E-state index in [1.807, 2.05) is 0 Å². The van der Waals surface area contributed by atoms with Crippen molar-refractivity contribution in [1.82, 2.24) is 9.42 Å². The van der Waals surface area contributed by atoms with Crippen LogP contribution in [0.5, 0.6) is 5.75 Å². The quantitative estimate of drug-likeness (QED) is 0.735. The topological polar surface area (TPSA) is 49.9 Å². The van der Waals surface area contributed by atoms with Crippen molar-refractivity contribution < 1.29 is 13.2 Å². The highest BCUT2D eigenvalue weighted by Crippen LogP contribution is 2.25. The fraction of sp³-hybridized carbons (Fsp3) is 0.400. The predicted molar refractivity (Wildman–Crippen MR) is 61.6 cm³/mol. The van der Waals surface area contributed by atoms with Crippen molar-refractivity contribution in [3.8, 4) is 5.75 Å². The summed E-state index contributed by atoms with van der Waals surface area (Å²) >= 11 is 0. The first-order valence-corrected chi connectivity index (χ1v) is 6.14. The van der Waals surface area contributed by atoms with Gasteiger partial charge < -0.3 is 4.74 Å². The van der Waals surface area contributed by atoms with Gasteiger partial charge in [-0.15, -0.1) is 4.41 Å². The van der Waals surface area contributed by atoms with Gasteiger partial charge >= 0.3 is 0 Å². The number of methoxy groups -OCH3 is 1. The van der Waals surface area contributed by atoms with E-state index in [0.29, 0.717) is 5.75 Å². The van der Waals surface area contributed by atoms with Crippen molar-refractivity contribution >= 4 is 10.0 Å². The van der Waals surface area contributed by atoms with E-state index in [1.165, 1.54) is 25.2 Å². The van der Waals surface area contributed by atoms with E-state index in [9.17, 15) is 8.42 Å². The molecule has 0 aliphatic rings. The van der Waals surface area contributed by atoms with Gasteiger partial charge in [0.1, 0.15) is 10.6 Å². The summed E-state index contributed by atoms with van der Waals surface area (Å²) in [6.07, 6.45) is 0. The summed E-state index contributed by atoms with van der Waals surface area (Å²) in [5, 5.41) is 1.49. The Hall–Kier alpha value is -1.11. The number of hydrogen-bond donors (Lipinski definition) is 0. The van der Waals surface area contributed by atoms with E-state index in [1.54, 1.807) is 32.3 Å². The van der Waals surface area contributed by atoms with Crippen LogP contribution in [0.4, 0.5) is 0 Å². The van der Waals surface area contributed by atoms with Crippen LogP contribution in [0.1, 0.15) is 0 Å². The van der Waals surface area contributed by atoms with Gasteiger partial charge in [-0.1, -0.05) is 12.1 Å². The third-order valence-electron chi connectivity index (χ3n) is 2.26. The zero-order chi connectivity index (χ0) is 12.3. The van der Waals surface area contributed by atoms with E-state index < -0.39 is 10.0 Å². The standard InChI is InChI=1S/C10H16N2O3S/c1-11(2)12(3)16(13,14)10-8-6-5-7-9(10)15-4/h5-8H,1-4H3. The smallest absolute Gasteiger partial charge is 0.259 e. The molecule has 0 saturated carbocycles. The average molecular weight is 244 g/mol. The van der Waals surface area contributed by atoms with Gasteiger partial charge in [-0.3, -0.25) is 0 Å². The van der Waals surface area contributed by atoms with Crippen molar-refractivity contribution in [2.75, 3.05) is 28.3 Å². The van der Waals surface area contributed by atoms with Crippen molar-refractivity contribution in [1.29, 1.82) is 0 Å². The summed E-state index contributed by atoms with van der Waals surface area (Å²) in [4.78, 5) is 0.161. The number of sulfonamides is 1. The molecule has 0 N–H and O–H groups in total. The summed E-state index contributed by atoms with van der Waals surface area (Å²) < 4.78 is 30.5. The van der Waals surface area contributed by atoms with Crippen LogP contribution in [0.3, 0.4) is 0 Å². The maximum Gasteiger partial charge on any atom is 0.259 e. The minimum atomic E-state index is -3.55. The molecular weight excluding hydrogens is 228 g/mol. The van der Waals surface area contributed by atoms with Gasteiger partial charge in [0.15, 0.2) is 0 Å². The number of hydrazine groups is 1. The highest BCUT2D eigenvalue weighted by molar-refractivity contribution is 7.89. The highest BCUT2D eigenvalue weighted by atomic mass is 32.2. The maximum absolute atomic E-state index is 12.2. The van der Waals surface area contributed by atoms with Gasteiger partial charge in [0.05, 0.1) is 7.11 Å². The molecule has 0 aliphatic heterocycles. The van der Waals surface area contributed by atoms with Crippen LogP contribution in [0.15, 0.2) is 29.2 Å². The second-order valence-corrected chi connectivity index (χ2v) is 5.36. The zero-order valence-electron chi connectivity index (χ0n) is 9.84. The van der Waals surface area contributed by atoms with Crippen molar-refractivity contribution in [2.45, 2.75) is 4.90 Å². The monoisotopic (exact) mass is 244 g/mol. The lowest BCUT2D eigenvalue weighted by atomic mass is 10.3. The summed E-state index contributed by atoms with van der Waals surface area (Å²) in [6, 6.07) is 6.54. The van der Waals surface area contributed by atoms with E-state index in [4.69, 9.17) is 4.74 Å². The molecule has 1 rings (SSSR count). The number of para-hydroxylation sites is 1. The maximum atomic E-state index is 12.2. The van der Waals surface area contributed by atoms with Crippen LogP contribution >= 0.6 is 0 Å². The molecule has 90 valence electrons. The molecule has 0 bridgehead atoms. The van der Waals surface area contributed by atoms with E-state index in [-0.39, 0.29) is 4.90 Å². The molecule has 0 saturated heterocycles. The highest BCUT2D eigenvalue weighted by Gasteiger charge is 2.25. The Morgan fingerprint density at radius 1 is 1.12 bits per heavy atom. The molecule has 0 aliphatic carbocycles. The Bertz CT molecular complexity index is 457. The van der Waals surface area contributed by atoms with E-state index in [2.05, 4.69) is 0 Å². The summed E-state index contributed by atoms with van der Waals surface area (Å²) in [5.41, 5.74) is 0. The second kappa shape index (κ2) is 4.82. The lowest BCUT2D eigenvalue weighted by Crippen LogP contribution is -2.38. The van der Waals surface area contributed by atoms with E-state index in [0.717, 1.165) is 4.41 Å². The average Bonchev–Trinajstić information content (AvgIpc) is 2.27. The predicted octanol–water partition coefficient (Wildman–Crippen LogP) is 0.792. The first kappa shape index (κ1) is 13.0. The molecule has 0 amide bonds. The van der Waals surface area contributed by atoms with Gasteiger partial charge in [0.2, 0.25) is 0 Å². The van der Waals surface area contributed by atoms with Gasteiger partial charge in [-0.2, -0.15) is 0 Å². The molecule has 0 unspecified atom stereocenters. The lowest BCUT2D eigenvalue weighted by molar-refractivity contribution is 0.159. The third-order valence-corrected chi connectivity index (χ3v) is 4.17. The first-order valence-electron chi connectivity index (χ1n) is 4.70.